The molecule has 5 rings (SSSR count). The van der Waals surface area contributed by atoms with Gasteiger partial charge in [-0.25, -0.2) is 14.8 Å². The number of fused-ring (bicyclic) bond motifs is 1. The third-order valence-corrected chi connectivity index (χ3v) is 6.67. The molecule has 176 valence electrons. The summed E-state index contributed by atoms with van der Waals surface area (Å²) in [5.74, 6) is 1.76. The number of hydrogen-bond donors (Lipinski definition) is 2. The van der Waals surface area contributed by atoms with Crippen LogP contribution in [0.5, 0.6) is 0 Å². The minimum atomic E-state index is -0.209. The molecule has 0 aliphatic carbocycles. The lowest BCUT2D eigenvalue weighted by atomic mass is 9.95. The molecule has 1 atom stereocenters. The lowest BCUT2D eigenvalue weighted by Crippen LogP contribution is -2.52. The molecule has 2 N–H and O–H groups in total. The summed E-state index contributed by atoms with van der Waals surface area (Å²) in [6.45, 7) is 10.4. The molecule has 0 unspecified atom stereocenters. The minimum absolute atomic E-state index is 0.209. The summed E-state index contributed by atoms with van der Waals surface area (Å²) in [5.41, 5.74) is 4.05. The van der Waals surface area contributed by atoms with Crippen molar-refractivity contribution in [3.63, 3.8) is 0 Å². The van der Waals surface area contributed by atoms with Gasteiger partial charge in [0.25, 0.3) is 0 Å². The molecule has 0 saturated carbocycles. The minimum Gasteiger partial charge on any atom is -0.378 e. The molecule has 2 amide bonds. The van der Waals surface area contributed by atoms with E-state index in [2.05, 4.69) is 27.4 Å². The van der Waals surface area contributed by atoms with Gasteiger partial charge in [-0.2, -0.15) is 0 Å². The SMILES string of the molecule is CCNC(=O)Nc1ccc(-c2nc3c(c(N4CCOCC4)n2)CCN(C2COC2)[C@@H]3C)cc1. The highest BCUT2D eigenvalue weighted by Crippen LogP contribution is 2.37. The highest BCUT2D eigenvalue weighted by molar-refractivity contribution is 5.89. The second-order valence-electron chi connectivity index (χ2n) is 8.75. The molecule has 0 bridgehead atoms. The van der Waals surface area contributed by atoms with Crippen molar-refractivity contribution in [1.82, 2.24) is 20.2 Å². The molecule has 3 aliphatic rings. The largest absolute Gasteiger partial charge is 0.378 e. The van der Waals surface area contributed by atoms with Gasteiger partial charge >= 0.3 is 6.03 Å². The molecule has 9 nitrogen and oxygen atoms in total. The molecular weight excluding hydrogens is 420 g/mol. The third kappa shape index (κ3) is 4.53. The first-order valence-electron chi connectivity index (χ1n) is 11.9. The average molecular weight is 453 g/mol. The van der Waals surface area contributed by atoms with Crippen molar-refractivity contribution >= 4 is 17.5 Å². The number of nitrogens with zero attached hydrogens (tertiary/aromatic N) is 4. The fourth-order valence-electron chi connectivity index (χ4n) is 4.78. The molecule has 1 aromatic heterocycles. The first-order valence-corrected chi connectivity index (χ1v) is 11.9. The zero-order chi connectivity index (χ0) is 22.8. The molecule has 2 aromatic rings. The number of morpholine rings is 1. The second-order valence-corrected chi connectivity index (χ2v) is 8.75. The molecule has 4 heterocycles. The zero-order valence-electron chi connectivity index (χ0n) is 19.3. The van der Waals surface area contributed by atoms with E-state index in [0.29, 0.717) is 12.6 Å². The predicted octanol–water partition coefficient (Wildman–Crippen LogP) is 2.44. The highest BCUT2D eigenvalue weighted by atomic mass is 16.5. The van der Waals surface area contributed by atoms with Crippen molar-refractivity contribution in [3.8, 4) is 11.4 Å². The summed E-state index contributed by atoms with van der Waals surface area (Å²) >= 11 is 0. The van der Waals surface area contributed by atoms with Crippen molar-refractivity contribution < 1.29 is 14.3 Å². The number of ether oxygens (including phenoxy) is 2. The van der Waals surface area contributed by atoms with Crippen LogP contribution in [0, 0.1) is 0 Å². The fourth-order valence-corrected chi connectivity index (χ4v) is 4.78. The lowest BCUT2D eigenvalue weighted by molar-refractivity contribution is -0.0804. The Hall–Kier alpha value is -2.75. The quantitative estimate of drug-likeness (QED) is 0.720. The van der Waals surface area contributed by atoms with Crippen LogP contribution in [0.1, 0.15) is 31.1 Å². The van der Waals surface area contributed by atoms with E-state index in [-0.39, 0.29) is 12.1 Å². The average Bonchev–Trinajstić information content (AvgIpc) is 2.80. The van der Waals surface area contributed by atoms with E-state index in [9.17, 15) is 4.79 Å². The maximum atomic E-state index is 11.8. The van der Waals surface area contributed by atoms with Crippen molar-refractivity contribution in [2.75, 3.05) is 62.8 Å². The van der Waals surface area contributed by atoms with Crippen LogP contribution in [-0.2, 0) is 15.9 Å². The molecular formula is C24H32N6O3. The van der Waals surface area contributed by atoms with Gasteiger partial charge in [0.2, 0.25) is 0 Å². The molecule has 1 aromatic carbocycles. The first kappa shape index (κ1) is 22.1. The number of aromatic nitrogens is 2. The van der Waals surface area contributed by atoms with Gasteiger partial charge in [-0.1, -0.05) is 0 Å². The maximum absolute atomic E-state index is 11.8. The van der Waals surface area contributed by atoms with Crippen LogP contribution in [0.4, 0.5) is 16.3 Å². The molecule has 2 saturated heterocycles. The van der Waals surface area contributed by atoms with Gasteiger partial charge in [-0.15, -0.1) is 0 Å². The Morgan fingerprint density at radius 2 is 1.85 bits per heavy atom. The number of nitrogens with one attached hydrogen (secondary N) is 2. The monoisotopic (exact) mass is 452 g/mol. The van der Waals surface area contributed by atoms with Crippen LogP contribution in [0.2, 0.25) is 0 Å². The van der Waals surface area contributed by atoms with Crippen LogP contribution < -0.4 is 15.5 Å². The predicted molar refractivity (Wildman–Crippen MR) is 127 cm³/mol. The fraction of sp³-hybridized carbons (Fsp3) is 0.542. The van der Waals surface area contributed by atoms with E-state index in [0.717, 1.165) is 81.1 Å². The van der Waals surface area contributed by atoms with Crippen molar-refractivity contribution in [2.24, 2.45) is 0 Å². The number of hydrogen-bond acceptors (Lipinski definition) is 7. The topological polar surface area (TPSA) is 91.9 Å². The van der Waals surface area contributed by atoms with Crippen LogP contribution in [0.3, 0.4) is 0 Å². The zero-order valence-corrected chi connectivity index (χ0v) is 19.3. The Morgan fingerprint density at radius 3 is 2.52 bits per heavy atom. The van der Waals surface area contributed by atoms with Crippen molar-refractivity contribution in [1.29, 1.82) is 0 Å². The Kier molecular flexibility index (Phi) is 6.43. The van der Waals surface area contributed by atoms with Crippen molar-refractivity contribution in [2.45, 2.75) is 32.4 Å². The van der Waals surface area contributed by atoms with Crippen LogP contribution >= 0.6 is 0 Å². The Bertz CT molecular complexity index is 988. The number of rotatable bonds is 5. The first-order chi connectivity index (χ1) is 16.1. The highest BCUT2D eigenvalue weighted by Gasteiger charge is 2.36. The Labute approximate surface area is 194 Å². The molecule has 3 aliphatic heterocycles. The number of anilines is 2. The van der Waals surface area contributed by atoms with E-state index in [1.54, 1.807) is 0 Å². The second kappa shape index (κ2) is 9.62. The lowest BCUT2D eigenvalue weighted by Gasteiger charge is -2.44. The number of carbonyl (C=O) groups is 1. The van der Waals surface area contributed by atoms with Gasteiger partial charge in [0.15, 0.2) is 5.82 Å². The summed E-state index contributed by atoms with van der Waals surface area (Å²) in [6, 6.07) is 8.20. The van der Waals surface area contributed by atoms with Crippen molar-refractivity contribution in [3.05, 3.63) is 35.5 Å². The molecule has 0 radical (unpaired) electrons. The van der Waals surface area contributed by atoms with E-state index < -0.39 is 0 Å². The number of amides is 2. The molecule has 2 fully saturated rings. The summed E-state index contributed by atoms with van der Waals surface area (Å²) in [6.07, 6.45) is 0.943. The van der Waals surface area contributed by atoms with Crippen LogP contribution in [0.25, 0.3) is 11.4 Å². The van der Waals surface area contributed by atoms with Gasteiger partial charge in [0.1, 0.15) is 5.82 Å². The van der Waals surface area contributed by atoms with Gasteiger partial charge in [-0.3, -0.25) is 4.90 Å². The Balaban J connectivity index is 1.48. The molecule has 33 heavy (non-hydrogen) atoms. The van der Waals surface area contributed by atoms with E-state index in [1.807, 2.05) is 31.2 Å². The van der Waals surface area contributed by atoms with E-state index >= 15 is 0 Å². The summed E-state index contributed by atoms with van der Waals surface area (Å²) in [7, 11) is 0. The van der Waals surface area contributed by atoms with Crippen LogP contribution in [0.15, 0.2) is 24.3 Å². The van der Waals surface area contributed by atoms with E-state index in [4.69, 9.17) is 19.4 Å². The number of benzene rings is 1. The summed E-state index contributed by atoms with van der Waals surface area (Å²) < 4.78 is 11.0. The smallest absolute Gasteiger partial charge is 0.319 e. The normalized spacial score (nSPS) is 21.3. The van der Waals surface area contributed by atoms with Gasteiger partial charge in [0.05, 0.1) is 44.2 Å². The third-order valence-electron chi connectivity index (χ3n) is 6.67. The Morgan fingerprint density at radius 1 is 1.09 bits per heavy atom. The van der Waals surface area contributed by atoms with Gasteiger partial charge in [-0.05, 0) is 44.5 Å². The van der Waals surface area contributed by atoms with Gasteiger partial charge < -0.3 is 25.0 Å². The number of urea groups is 1. The molecule has 9 heteroatoms. The molecule has 0 spiro atoms. The van der Waals surface area contributed by atoms with Gasteiger partial charge in [0, 0.05) is 43.0 Å². The number of carbonyl (C=O) groups excluding carboxylic acids is 1. The summed E-state index contributed by atoms with van der Waals surface area (Å²) in [5, 5.41) is 5.58. The standard InChI is InChI=1S/C24H32N6O3/c1-3-25-24(31)26-18-6-4-17(5-7-18)22-27-21-16(2)30(19-14-33-15-19)9-8-20(21)23(28-22)29-10-12-32-13-11-29/h4-7,16,19H,3,8-15H2,1-2H3,(H2,25,26,31)/t16-/m1/s1. The van der Waals surface area contributed by atoms with Crippen LogP contribution in [-0.4, -0.2) is 79.5 Å². The summed E-state index contributed by atoms with van der Waals surface area (Å²) in [4.78, 5) is 26.8. The van der Waals surface area contributed by atoms with E-state index in [1.165, 1.54) is 5.56 Å². The maximum Gasteiger partial charge on any atom is 0.319 e.